The molecule has 1 aliphatic carbocycles. The summed E-state index contributed by atoms with van der Waals surface area (Å²) in [6.07, 6.45) is 4.34. The van der Waals surface area contributed by atoms with Crippen molar-refractivity contribution in [2.45, 2.75) is 25.3 Å². The number of aromatic nitrogens is 5. The number of nitrogens with zero attached hydrogens (tertiary/aromatic N) is 4. The Labute approximate surface area is 165 Å². The van der Waals surface area contributed by atoms with E-state index in [-0.39, 0.29) is 11.9 Å². The largest absolute Gasteiger partial charge is 0.356 e. The molecule has 0 saturated heterocycles. The Morgan fingerprint density at radius 3 is 3.00 bits per heavy atom. The van der Waals surface area contributed by atoms with E-state index >= 15 is 0 Å². The van der Waals surface area contributed by atoms with E-state index in [0.29, 0.717) is 11.3 Å². The normalized spacial score (nSPS) is 16.1. The van der Waals surface area contributed by atoms with Gasteiger partial charge in [-0.1, -0.05) is 23.7 Å². The molecule has 0 saturated carbocycles. The second kappa shape index (κ2) is 6.76. The van der Waals surface area contributed by atoms with E-state index < -0.39 is 0 Å². The van der Waals surface area contributed by atoms with Crippen LogP contribution in [0.15, 0.2) is 48.8 Å². The summed E-state index contributed by atoms with van der Waals surface area (Å²) >= 11 is 6.18. The fraction of sp³-hybridized carbons (Fsp3) is 0.200. The van der Waals surface area contributed by atoms with E-state index in [1.54, 1.807) is 6.07 Å². The average molecular weight is 393 g/mol. The highest BCUT2D eigenvalue weighted by atomic mass is 35.5. The van der Waals surface area contributed by atoms with Crippen LogP contribution in [-0.2, 0) is 6.42 Å². The Hall–Kier alpha value is -3.19. The number of halogens is 1. The summed E-state index contributed by atoms with van der Waals surface area (Å²) in [5.74, 6) is -0.152. The lowest BCUT2D eigenvalue weighted by Crippen LogP contribution is -2.31. The molecular formula is C20H17ClN6O. The first-order valence-electron chi connectivity index (χ1n) is 9.14. The Bertz CT molecular complexity index is 1170. The zero-order valence-corrected chi connectivity index (χ0v) is 15.6. The van der Waals surface area contributed by atoms with E-state index in [2.05, 4.69) is 25.8 Å². The number of hydrogen-bond acceptors (Lipinski definition) is 4. The molecule has 140 valence electrons. The summed E-state index contributed by atoms with van der Waals surface area (Å²) in [5, 5.41) is 16.3. The number of hydrogen-bond donors (Lipinski definition) is 2. The number of aromatic amines is 1. The van der Waals surface area contributed by atoms with Crippen molar-refractivity contribution in [3.8, 4) is 5.69 Å². The van der Waals surface area contributed by atoms with Crippen LogP contribution in [0.25, 0.3) is 16.6 Å². The molecule has 0 bridgehead atoms. The van der Waals surface area contributed by atoms with E-state index in [1.165, 1.54) is 16.6 Å². The van der Waals surface area contributed by atoms with Gasteiger partial charge in [-0.2, -0.15) is 4.68 Å². The number of carbonyl (C=O) groups is 1. The number of aryl methyl sites for hydroxylation is 1. The monoisotopic (exact) mass is 392 g/mol. The minimum absolute atomic E-state index is 0.0793. The van der Waals surface area contributed by atoms with Crippen molar-refractivity contribution in [1.29, 1.82) is 0 Å². The fourth-order valence-corrected chi connectivity index (χ4v) is 4.12. The number of benzene rings is 2. The van der Waals surface area contributed by atoms with Gasteiger partial charge in [-0.3, -0.25) is 4.79 Å². The number of amides is 1. The van der Waals surface area contributed by atoms with Crippen molar-refractivity contribution in [1.82, 2.24) is 30.5 Å². The number of H-pyrrole nitrogens is 1. The summed E-state index contributed by atoms with van der Waals surface area (Å²) in [7, 11) is 0. The second-order valence-electron chi connectivity index (χ2n) is 6.90. The molecule has 28 heavy (non-hydrogen) atoms. The van der Waals surface area contributed by atoms with Gasteiger partial charge in [0.15, 0.2) is 0 Å². The number of rotatable bonds is 3. The van der Waals surface area contributed by atoms with Crippen molar-refractivity contribution in [2.24, 2.45) is 0 Å². The molecule has 2 aromatic carbocycles. The Morgan fingerprint density at radius 2 is 2.14 bits per heavy atom. The quantitative estimate of drug-likeness (QED) is 0.557. The van der Waals surface area contributed by atoms with Gasteiger partial charge in [-0.15, -0.1) is 5.10 Å². The van der Waals surface area contributed by atoms with Crippen molar-refractivity contribution in [3.05, 3.63) is 70.6 Å². The lowest BCUT2D eigenvalue weighted by molar-refractivity contribution is 0.0932. The molecule has 1 amide bonds. The van der Waals surface area contributed by atoms with Gasteiger partial charge in [-0.25, -0.2) is 0 Å². The topological polar surface area (TPSA) is 88.5 Å². The lowest BCUT2D eigenvalue weighted by atomic mass is 9.91. The highest BCUT2D eigenvalue weighted by molar-refractivity contribution is 6.31. The highest BCUT2D eigenvalue weighted by Gasteiger charge is 2.26. The summed E-state index contributed by atoms with van der Waals surface area (Å²) < 4.78 is 1.49. The Balaban J connectivity index is 1.49. The molecule has 7 nitrogen and oxygen atoms in total. The molecule has 2 N–H and O–H groups in total. The van der Waals surface area contributed by atoms with E-state index in [4.69, 9.17) is 11.6 Å². The number of fused-ring (bicyclic) bond motifs is 3. The molecule has 0 spiro atoms. The van der Waals surface area contributed by atoms with Crippen LogP contribution >= 0.6 is 11.6 Å². The molecule has 2 aromatic heterocycles. The first kappa shape index (κ1) is 16.9. The molecule has 4 aromatic rings. The van der Waals surface area contributed by atoms with Gasteiger partial charge in [0, 0.05) is 21.6 Å². The van der Waals surface area contributed by atoms with Gasteiger partial charge in [-0.05, 0) is 65.6 Å². The third-order valence-electron chi connectivity index (χ3n) is 5.22. The first-order chi connectivity index (χ1) is 13.7. The Kier molecular flexibility index (Phi) is 4.09. The molecule has 0 fully saturated rings. The molecule has 0 aliphatic heterocycles. The van der Waals surface area contributed by atoms with Crippen molar-refractivity contribution < 1.29 is 4.79 Å². The average Bonchev–Trinajstić information content (AvgIpc) is 3.36. The van der Waals surface area contributed by atoms with Crippen molar-refractivity contribution >= 4 is 28.4 Å². The lowest BCUT2D eigenvalue weighted by Gasteiger charge is -2.24. The standard InChI is InChI=1S/C20H17ClN6O/c21-12-8-9-16-15(10-12)13-5-3-6-17(19(13)23-16)24-20(28)14-4-1-2-7-18(14)27-11-22-25-26-27/h1-2,4,7-11,17,23H,3,5-6H2,(H,24,28). The van der Waals surface area contributed by atoms with Gasteiger partial charge < -0.3 is 10.3 Å². The van der Waals surface area contributed by atoms with E-state index in [1.807, 2.05) is 36.4 Å². The minimum atomic E-state index is -0.152. The Morgan fingerprint density at radius 1 is 1.25 bits per heavy atom. The van der Waals surface area contributed by atoms with Crippen LogP contribution in [0.3, 0.4) is 0 Å². The van der Waals surface area contributed by atoms with Crippen LogP contribution in [-0.4, -0.2) is 31.1 Å². The third-order valence-corrected chi connectivity index (χ3v) is 5.45. The SMILES string of the molecule is O=C(NC1CCCc2c1[nH]c1ccc(Cl)cc21)c1ccccc1-n1cnnn1. The molecule has 0 radical (unpaired) electrons. The zero-order chi connectivity index (χ0) is 19.1. The maximum Gasteiger partial charge on any atom is 0.254 e. The molecule has 2 heterocycles. The minimum Gasteiger partial charge on any atom is -0.356 e. The number of para-hydroxylation sites is 1. The summed E-state index contributed by atoms with van der Waals surface area (Å²) in [6, 6.07) is 13.1. The molecule has 8 heteroatoms. The van der Waals surface area contributed by atoms with Gasteiger partial charge >= 0.3 is 0 Å². The summed E-state index contributed by atoms with van der Waals surface area (Å²) in [5.41, 5.74) is 4.52. The van der Waals surface area contributed by atoms with Gasteiger partial charge in [0.1, 0.15) is 6.33 Å². The zero-order valence-electron chi connectivity index (χ0n) is 14.9. The summed E-state index contributed by atoms with van der Waals surface area (Å²) in [6.45, 7) is 0. The molecule has 1 unspecified atom stereocenters. The maximum absolute atomic E-state index is 13.1. The van der Waals surface area contributed by atoms with Crippen LogP contribution in [0.4, 0.5) is 0 Å². The van der Waals surface area contributed by atoms with Crippen LogP contribution in [0.2, 0.25) is 5.02 Å². The number of tetrazole rings is 1. The maximum atomic E-state index is 13.1. The van der Waals surface area contributed by atoms with Gasteiger partial charge in [0.05, 0.1) is 17.3 Å². The first-order valence-corrected chi connectivity index (χ1v) is 9.52. The van der Waals surface area contributed by atoms with Crippen LogP contribution in [0.5, 0.6) is 0 Å². The smallest absolute Gasteiger partial charge is 0.254 e. The molecular weight excluding hydrogens is 376 g/mol. The molecule has 1 aliphatic rings. The van der Waals surface area contributed by atoms with Crippen LogP contribution in [0, 0.1) is 0 Å². The van der Waals surface area contributed by atoms with Gasteiger partial charge in [0.25, 0.3) is 5.91 Å². The van der Waals surface area contributed by atoms with Crippen molar-refractivity contribution in [3.63, 3.8) is 0 Å². The fourth-order valence-electron chi connectivity index (χ4n) is 3.95. The summed E-state index contributed by atoms with van der Waals surface area (Å²) in [4.78, 5) is 16.6. The highest BCUT2D eigenvalue weighted by Crippen LogP contribution is 2.36. The number of carbonyl (C=O) groups excluding carboxylic acids is 1. The number of nitrogens with one attached hydrogen (secondary N) is 2. The molecule has 1 atom stereocenters. The second-order valence-corrected chi connectivity index (χ2v) is 7.33. The van der Waals surface area contributed by atoms with E-state index in [0.717, 1.165) is 40.9 Å². The predicted octanol–water partition coefficient (Wildman–Crippen LogP) is 3.60. The van der Waals surface area contributed by atoms with Gasteiger partial charge in [0.2, 0.25) is 0 Å². The third kappa shape index (κ3) is 2.84. The van der Waals surface area contributed by atoms with E-state index in [9.17, 15) is 4.79 Å². The van der Waals surface area contributed by atoms with Crippen molar-refractivity contribution in [2.75, 3.05) is 0 Å². The predicted molar refractivity (Wildman–Crippen MR) is 106 cm³/mol. The molecule has 5 rings (SSSR count). The van der Waals surface area contributed by atoms with Crippen LogP contribution < -0.4 is 5.32 Å². The van der Waals surface area contributed by atoms with Crippen LogP contribution in [0.1, 0.15) is 40.5 Å².